The number of ether oxygens (including phenoxy) is 2. The van der Waals surface area contributed by atoms with E-state index < -0.39 is 12.0 Å². The summed E-state index contributed by atoms with van der Waals surface area (Å²) in [5, 5.41) is 12.9. The molecule has 0 saturated heterocycles. The smallest absolute Gasteiger partial charge is 0.320 e. The summed E-state index contributed by atoms with van der Waals surface area (Å²) in [6, 6.07) is 11.0. The third kappa shape index (κ3) is 6.14. The van der Waals surface area contributed by atoms with E-state index in [1.807, 2.05) is 51.1 Å². The molecule has 152 valence electrons. The van der Waals surface area contributed by atoms with Crippen molar-refractivity contribution in [3.63, 3.8) is 0 Å². The third-order valence-corrected chi connectivity index (χ3v) is 4.76. The molecule has 2 aromatic carbocycles. The second kappa shape index (κ2) is 10.3. The Bertz CT molecular complexity index is 807. The van der Waals surface area contributed by atoms with Gasteiger partial charge in [-0.15, -0.1) is 0 Å². The fourth-order valence-electron chi connectivity index (χ4n) is 2.92. The molecule has 6 heteroatoms. The summed E-state index contributed by atoms with van der Waals surface area (Å²) in [7, 11) is 1.56. The third-order valence-electron chi connectivity index (χ3n) is 4.48. The molecular formula is C22H28ClNO4. The summed E-state index contributed by atoms with van der Waals surface area (Å²) in [6.07, 6.45) is 0.553. The van der Waals surface area contributed by atoms with Crippen LogP contribution in [-0.4, -0.2) is 24.2 Å². The molecule has 0 radical (unpaired) electrons. The normalized spacial score (nSPS) is 12.1. The van der Waals surface area contributed by atoms with Gasteiger partial charge in [0.2, 0.25) is 0 Å². The van der Waals surface area contributed by atoms with Crippen LogP contribution >= 0.6 is 11.6 Å². The van der Waals surface area contributed by atoms with Crippen molar-refractivity contribution in [2.75, 3.05) is 7.11 Å². The molecular weight excluding hydrogens is 378 g/mol. The predicted octanol–water partition coefficient (Wildman–Crippen LogP) is 4.82. The summed E-state index contributed by atoms with van der Waals surface area (Å²) in [5.74, 6) is 0.427. The molecule has 1 atom stereocenters. The average molecular weight is 406 g/mol. The molecule has 0 aromatic heterocycles. The van der Waals surface area contributed by atoms with Gasteiger partial charge >= 0.3 is 5.97 Å². The molecule has 1 unspecified atom stereocenters. The molecule has 2 aromatic rings. The van der Waals surface area contributed by atoms with Gasteiger partial charge in [-0.05, 0) is 48.1 Å². The number of hydrogen-bond acceptors (Lipinski definition) is 4. The Balaban J connectivity index is 2.11. The second-order valence-corrected chi connectivity index (χ2v) is 7.63. The Labute approximate surface area is 171 Å². The van der Waals surface area contributed by atoms with E-state index in [-0.39, 0.29) is 5.92 Å². The van der Waals surface area contributed by atoms with Crippen molar-refractivity contribution in [2.24, 2.45) is 5.92 Å². The number of carboxylic acids is 1. The van der Waals surface area contributed by atoms with Crippen molar-refractivity contribution in [3.05, 3.63) is 58.1 Å². The van der Waals surface area contributed by atoms with Crippen LogP contribution in [0.4, 0.5) is 0 Å². The van der Waals surface area contributed by atoms with Crippen LogP contribution in [0.1, 0.15) is 37.0 Å². The number of carbonyl (C=O) groups is 1. The predicted molar refractivity (Wildman–Crippen MR) is 111 cm³/mol. The van der Waals surface area contributed by atoms with Crippen molar-refractivity contribution in [2.45, 2.75) is 46.4 Å². The number of halogens is 1. The molecule has 0 aliphatic rings. The molecule has 2 rings (SSSR count). The highest BCUT2D eigenvalue weighted by atomic mass is 35.5. The number of benzene rings is 2. The quantitative estimate of drug-likeness (QED) is 0.592. The molecule has 0 amide bonds. The zero-order valence-electron chi connectivity index (χ0n) is 16.8. The van der Waals surface area contributed by atoms with Crippen LogP contribution in [0.3, 0.4) is 0 Å². The van der Waals surface area contributed by atoms with Gasteiger partial charge in [-0.2, -0.15) is 0 Å². The lowest BCUT2D eigenvalue weighted by Crippen LogP contribution is -2.37. The first-order chi connectivity index (χ1) is 13.3. The highest BCUT2D eigenvalue weighted by Gasteiger charge is 2.19. The van der Waals surface area contributed by atoms with Crippen LogP contribution in [0.15, 0.2) is 36.4 Å². The van der Waals surface area contributed by atoms with E-state index in [0.717, 1.165) is 16.7 Å². The Morgan fingerprint density at radius 3 is 2.57 bits per heavy atom. The van der Waals surface area contributed by atoms with Gasteiger partial charge < -0.3 is 19.9 Å². The van der Waals surface area contributed by atoms with Gasteiger partial charge in [-0.25, -0.2) is 0 Å². The minimum absolute atomic E-state index is 0.281. The maximum absolute atomic E-state index is 11.4. The first-order valence-corrected chi connectivity index (χ1v) is 9.69. The minimum atomic E-state index is -0.857. The van der Waals surface area contributed by atoms with Crippen LogP contribution in [-0.2, 0) is 17.9 Å². The van der Waals surface area contributed by atoms with E-state index in [2.05, 4.69) is 5.32 Å². The number of aryl methyl sites for hydroxylation is 1. The first-order valence-electron chi connectivity index (χ1n) is 9.31. The maximum Gasteiger partial charge on any atom is 0.320 e. The molecule has 0 heterocycles. The summed E-state index contributed by atoms with van der Waals surface area (Å²) in [6.45, 7) is 6.78. The van der Waals surface area contributed by atoms with E-state index >= 15 is 0 Å². The largest absolute Gasteiger partial charge is 0.493 e. The van der Waals surface area contributed by atoms with E-state index in [1.165, 1.54) is 0 Å². The molecule has 0 spiro atoms. The van der Waals surface area contributed by atoms with Gasteiger partial charge in [-0.3, -0.25) is 4.79 Å². The number of rotatable bonds is 10. The Hall–Kier alpha value is -2.24. The van der Waals surface area contributed by atoms with Gasteiger partial charge in [0.05, 0.1) is 12.1 Å². The summed E-state index contributed by atoms with van der Waals surface area (Å²) >= 11 is 6.43. The monoisotopic (exact) mass is 405 g/mol. The lowest BCUT2D eigenvalue weighted by Gasteiger charge is -2.18. The molecule has 2 N–H and O–H groups in total. The summed E-state index contributed by atoms with van der Waals surface area (Å²) < 4.78 is 11.4. The van der Waals surface area contributed by atoms with Gasteiger partial charge in [0.25, 0.3) is 0 Å². The Morgan fingerprint density at radius 1 is 1.25 bits per heavy atom. The zero-order chi connectivity index (χ0) is 20.7. The van der Waals surface area contributed by atoms with Crippen molar-refractivity contribution < 1.29 is 19.4 Å². The molecule has 5 nitrogen and oxygen atoms in total. The number of carboxylic acid groups (broad SMARTS) is 1. The maximum atomic E-state index is 11.4. The lowest BCUT2D eigenvalue weighted by atomic mass is 10.0. The van der Waals surface area contributed by atoms with Crippen LogP contribution in [0.25, 0.3) is 0 Å². The van der Waals surface area contributed by atoms with Crippen LogP contribution in [0.2, 0.25) is 5.02 Å². The zero-order valence-corrected chi connectivity index (χ0v) is 17.5. The molecule has 28 heavy (non-hydrogen) atoms. The lowest BCUT2D eigenvalue weighted by molar-refractivity contribution is -0.140. The van der Waals surface area contributed by atoms with E-state index in [0.29, 0.717) is 36.1 Å². The highest BCUT2D eigenvalue weighted by molar-refractivity contribution is 6.32. The summed E-state index contributed by atoms with van der Waals surface area (Å²) in [4.78, 5) is 11.4. The van der Waals surface area contributed by atoms with Gasteiger partial charge in [0.15, 0.2) is 11.5 Å². The molecule has 0 aliphatic carbocycles. The Morgan fingerprint density at radius 2 is 1.96 bits per heavy atom. The van der Waals surface area contributed by atoms with Crippen molar-refractivity contribution in [3.8, 4) is 11.5 Å². The minimum Gasteiger partial charge on any atom is -0.493 e. The van der Waals surface area contributed by atoms with Crippen LogP contribution in [0.5, 0.6) is 11.5 Å². The van der Waals surface area contributed by atoms with Crippen molar-refractivity contribution >= 4 is 17.6 Å². The SMILES string of the molecule is COc1cc(CNC(CC(C)C)C(=O)O)cc(Cl)c1OCc1ccccc1C. The Kier molecular flexibility index (Phi) is 8.15. The molecule has 0 bridgehead atoms. The fourth-order valence-corrected chi connectivity index (χ4v) is 3.21. The number of hydrogen-bond donors (Lipinski definition) is 2. The van der Waals surface area contributed by atoms with Gasteiger partial charge in [-0.1, -0.05) is 49.7 Å². The molecule has 0 fully saturated rings. The fraction of sp³-hybridized carbons (Fsp3) is 0.409. The molecule has 0 aliphatic heterocycles. The standard InChI is InChI=1S/C22H28ClNO4/c1-14(2)9-19(22(25)26)24-12-16-10-18(23)21(20(11-16)27-4)28-13-17-8-6-5-7-15(17)3/h5-8,10-11,14,19,24H,9,12-13H2,1-4H3,(H,25,26). The van der Waals surface area contributed by atoms with E-state index in [4.69, 9.17) is 21.1 Å². The number of aliphatic carboxylic acids is 1. The number of methoxy groups -OCH3 is 1. The highest BCUT2D eigenvalue weighted by Crippen LogP contribution is 2.37. The van der Waals surface area contributed by atoms with Crippen molar-refractivity contribution in [1.29, 1.82) is 0 Å². The first kappa shape index (κ1) is 22.1. The van der Waals surface area contributed by atoms with Gasteiger partial charge in [0.1, 0.15) is 12.6 Å². The van der Waals surface area contributed by atoms with Crippen LogP contribution < -0.4 is 14.8 Å². The topological polar surface area (TPSA) is 67.8 Å². The molecule has 0 saturated carbocycles. The van der Waals surface area contributed by atoms with E-state index in [1.54, 1.807) is 13.2 Å². The second-order valence-electron chi connectivity index (χ2n) is 7.23. The van der Waals surface area contributed by atoms with E-state index in [9.17, 15) is 9.90 Å². The van der Waals surface area contributed by atoms with Crippen LogP contribution in [0, 0.1) is 12.8 Å². The number of nitrogens with one attached hydrogen (secondary N) is 1. The van der Waals surface area contributed by atoms with Crippen molar-refractivity contribution in [1.82, 2.24) is 5.32 Å². The summed E-state index contributed by atoms with van der Waals surface area (Å²) in [5.41, 5.74) is 3.05. The van der Waals surface area contributed by atoms with Gasteiger partial charge in [0, 0.05) is 6.54 Å². The average Bonchev–Trinajstić information content (AvgIpc) is 2.64.